The first-order valence-corrected chi connectivity index (χ1v) is 9.56. The van der Waals surface area contributed by atoms with Crippen LogP contribution in [-0.2, 0) is 17.8 Å². The standard InChI is InChI=1S/C20H23N3O2S/c1-15-8-9-18(25-15)20-22-17(14-26-20)12-19(24)23(11-5-10-21)13-16-6-3-2-4-7-16/h2-4,6-9,14H,5,10-13,21H2,1H3. The van der Waals surface area contributed by atoms with Gasteiger partial charge in [0.1, 0.15) is 5.76 Å². The molecule has 0 atom stereocenters. The molecule has 0 saturated carbocycles. The summed E-state index contributed by atoms with van der Waals surface area (Å²) in [7, 11) is 0. The van der Waals surface area contributed by atoms with Crippen molar-refractivity contribution < 1.29 is 9.21 Å². The quantitative estimate of drug-likeness (QED) is 0.658. The van der Waals surface area contributed by atoms with Gasteiger partial charge in [-0.25, -0.2) is 4.98 Å². The van der Waals surface area contributed by atoms with E-state index in [2.05, 4.69) is 4.98 Å². The topological polar surface area (TPSA) is 72.4 Å². The van der Waals surface area contributed by atoms with Crippen LogP contribution in [0, 0.1) is 6.92 Å². The van der Waals surface area contributed by atoms with Gasteiger partial charge in [0, 0.05) is 18.5 Å². The highest BCUT2D eigenvalue weighted by Gasteiger charge is 2.17. The van der Waals surface area contributed by atoms with Crippen LogP contribution in [0.5, 0.6) is 0 Å². The molecular weight excluding hydrogens is 346 g/mol. The van der Waals surface area contributed by atoms with Crippen LogP contribution in [0.3, 0.4) is 0 Å². The fourth-order valence-corrected chi connectivity index (χ4v) is 3.47. The number of furan rings is 1. The van der Waals surface area contributed by atoms with E-state index in [0.717, 1.165) is 34.2 Å². The molecule has 1 amide bonds. The summed E-state index contributed by atoms with van der Waals surface area (Å²) in [6.45, 7) is 3.71. The Morgan fingerprint density at radius 2 is 2.04 bits per heavy atom. The van der Waals surface area contributed by atoms with Crippen molar-refractivity contribution in [1.29, 1.82) is 0 Å². The van der Waals surface area contributed by atoms with E-state index in [4.69, 9.17) is 10.2 Å². The molecule has 0 fully saturated rings. The molecule has 0 aliphatic rings. The van der Waals surface area contributed by atoms with Gasteiger partial charge in [-0.05, 0) is 37.6 Å². The van der Waals surface area contributed by atoms with Gasteiger partial charge in [0.05, 0.1) is 12.1 Å². The fraction of sp³-hybridized carbons (Fsp3) is 0.300. The lowest BCUT2D eigenvalue weighted by Crippen LogP contribution is -2.33. The highest BCUT2D eigenvalue weighted by Crippen LogP contribution is 2.26. The molecule has 0 aliphatic heterocycles. The van der Waals surface area contributed by atoms with E-state index in [1.807, 2.05) is 59.7 Å². The molecule has 0 bridgehead atoms. The van der Waals surface area contributed by atoms with Crippen molar-refractivity contribution in [2.75, 3.05) is 13.1 Å². The number of carbonyl (C=O) groups excluding carboxylic acids is 1. The van der Waals surface area contributed by atoms with Crippen molar-refractivity contribution in [3.05, 3.63) is 64.9 Å². The van der Waals surface area contributed by atoms with Gasteiger partial charge in [-0.3, -0.25) is 4.79 Å². The maximum atomic E-state index is 12.8. The zero-order valence-electron chi connectivity index (χ0n) is 14.9. The molecule has 0 radical (unpaired) electrons. The number of hydrogen-bond donors (Lipinski definition) is 1. The van der Waals surface area contributed by atoms with E-state index in [0.29, 0.717) is 19.6 Å². The molecule has 136 valence electrons. The molecule has 0 saturated heterocycles. The normalized spacial score (nSPS) is 10.8. The lowest BCUT2D eigenvalue weighted by molar-refractivity contribution is -0.131. The molecule has 0 unspecified atom stereocenters. The van der Waals surface area contributed by atoms with Crippen LogP contribution >= 0.6 is 11.3 Å². The van der Waals surface area contributed by atoms with Gasteiger partial charge in [0.2, 0.25) is 5.91 Å². The summed E-state index contributed by atoms with van der Waals surface area (Å²) in [6.07, 6.45) is 1.07. The molecule has 5 nitrogen and oxygen atoms in total. The minimum Gasteiger partial charge on any atom is -0.459 e. The smallest absolute Gasteiger partial charge is 0.228 e. The Morgan fingerprint density at radius 3 is 2.73 bits per heavy atom. The Morgan fingerprint density at radius 1 is 1.23 bits per heavy atom. The van der Waals surface area contributed by atoms with E-state index in [-0.39, 0.29) is 12.3 Å². The third-order valence-electron chi connectivity index (χ3n) is 4.04. The van der Waals surface area contributed by atoms with E-state index >= 15 is 0 Å². The second kappa shape index (κ2) is 8.78. The SMILES string of the molecule is Cc1ccc(-c2nc(CC(=O)N(CCCN)Cc3ccccc3)cs2)o1. The lowest BCUT2D eigenvalue weighted by atomic mass is 10.2. The summed E-state index contributed by atoms with van der Waals surface area (Å²) < 4.78 is 5.61. The number of hydrogen-bond acceptors (Lipinski definition) is 5. The van der Waals surface area contributed by atoms with Crippen LogP contribution in [0.4, 0.5) is 0 Å². The first-order valence-electron chi connectivity index (χ1n) is 8.68. The summed E-state index contributed by atoms with van der Waals surface area (Å²) in [4.78, 5) is 19.2. The monoisotopic (exact) mass is 369 g/mol. The Hall–Kier alpha value is -2.44. The van der Waals surface area contributed by atoms with E-state index < -0.39 is 0 Å². The molecule has 2 N–H and O–H groups in total. The second-order valence-corrected chi connectivity index (χ2v) is 7.03. The van der Waals surface area contributed by atoms with Gasteiger partial charge in [-0.2, -0.15) is 0 Å². The van der Waals surface area contributed by atoms with Crippen molar-refractivity contribution in [2.24, 2.45) is 5.73 Å². The number of carbonyl (C=O) groups is 1. The average Bonchev–Trinajstić information content (AvgIpc) is 3.28. The molecule has 0 aliphatic carbocycles. The summed E-state index contributed by atoms with van der Waals surface area (Å²) in [5.74, 6) is 1.66. The number of rotatable bonds is 8. The Balaban J connectivity index is 1.68. The number of benzene rings is 1. The van der Waals surface area contributed by atoms with Crippen molar-refractivity contribution >= 4 is 17.2 Å². The largest absolute Gasteiger partial charge is 0.459 e. The molecule has 3 rings (SSSR count). The van der Waals surface area contributed by atoms with Crippen molar-refractivity contribution in [3.63, 3.8) is 0 Å². The maximum absolute atomic E-state index is 12.8. The van der Waals surface area contributed by atoms with Gasteiger partial charge < -0.3 is 15.1 Å². The molecular formula is C20H23N3O2S. The van der Waals surface area contributed by atoms with Crippen LogP contribution in [-0.4, -0.2) is 28.9 Å². The van der Waals surface area contributed by atoms with Gasteiger partial charge in [0.15, 0.2) is 10.8 Å². The molecule has 26 heavy (non-hydrogen) atoms. The van der Waals surface area contributed by atoms with E-state index in [9.17, 15) is 4.79 Å². The third-order valence-corrected chi connectivity index (χ3v) is 4.94. The van der Waals surface area contributed by atoms with Gasteiger partial charge in [-0.1, -0.05) is 30.3 Å². The van der Waals surface area contributed by atoms with Crippen LogP contribution in [0.25, 0.3) is 10.8 Å². The number of aromatic nitrogens is 1. The number of aryl methyl sites for hydroxylation is 1. The van der Waals surface area contributed by atoms with Gasteiger partial charge in [0.25, 0.3) is 0 Å². The van der Waals surface area contributed by atoms with Gasteiger partial charge in [-0.15, -0.1) is 11.3 Å². The molecule has 2 aromatic heterocycles. The molecule has 2 heterocycles. The van der Waals surface area contributed by atoms with E-state index in [1.54, 1.807) is 0 Å². The van der Waals surface area contributed by atoms with Crippen LogP contribution < -0.4 is 5.73 Å². The van der Waals surface area contributed by atoms with Crippen LogP contribution in [0.2, 0.25) is 0 Å². The molecule has 1 aromatic carbocycles. The third kappa shape index (κ3) is 4.80. The van der Waals surface area contributed by atoms with Crippen molar-refractivity contribution in [1.82, 2.24) is 9.88 Å². The molecule has 0 spiro atoms. The Bertz CT molecular complexity index is 842. The summed E-state index contributed by atoms with van der Waals surface area (Å²) in [5.41, 5.74) is 7.52. The number of nitrogens with zero attached hydrogens (tertiary/aromatic N) is 2. The predicted molar refractivity (Wildman–Crippen MR) is 104 cm³/mol. The maximum Gasteiger partial charge on any atom is 0.228 e. The predicted octanol–water partition coefficient (Wildman–Crippen LogP) is 3.63. The summed E-state index contributed by atoms with van der Waals surface area (Å²) in [6, 6.07) is 13.8. The Labute approximate surface area is 157 Å². The fourth-order valence-electron chi connectivity index (χ4n) is 2.70. The van der Waals surface area contributed by atoms with Gasteiger partial charge >= 0.3 is 0 Å². The summed E-state index contributed by atoms with van der Waals surface area (Å²) in [5, 5.41) is 2.73. The summed E-state index contributed by atoms with van der Waals surface area (Å²) >= 11 is 1.50. The zero-order valence-corrected chi connectivity index (χ0v) is 15.7. The average molecular weight is 369 g/mol. The number of nitrogens with two attached hydrogens (primary N) is 1. The molecule has 6 heteroatoms. The molecule has 3 aromatic rings. The first-order chi connectivity index (χ1) is 12.7. The zero-order chi connectivity index (χ0) is 18.4. The Kier molecular flexibility index (Phi) is 6.20. The number of amides is 1. The van der Waals surface area contributed by atoms with Crippen LogP contribution in [0.1, 0.15) is 23.4 Å². The highest BCUT2D eigenvalue weighted by molar-refractivity contribution is 7.13. The minimum atomic E-state index is 0.0646. The van der Waals surface area contributed by atoms with Crippen molar-refractivity contribution in [2.45, 2.75) is 26.3 Å². The van der Waals surface area contributed by atoms with Crippen LogP contribution in [0.15, 0.2) is 52.3 Å². The highest BCUT2D eigenvalue weighted by atomic mass is 32.1. The number of thiazole rings is 1. The van der Waals surface area contributed by atoms with E-state index in [1.165, 1.54) is 11.3 Å². The second-order valence-electron chi connectivity index (χ2n) is 6.17. The van der Waals surface area contributed by atoms with Crippen molar-refractivity contribution in [3.8, 4) is 10.8 Å². The minimum absolute atomic E-state index is 0.0646. The lowest BCUT2D eigenvalue weighted by Gasteiger charge is -2.22. The first kappa shape index (κ1) is 18.4.